The van der Waals surface area contributed by atoms with Crippen LogP contribution >= 0.6 is 0 Å². The van der Waals surface area contributed by atoms with E-state index in [1.807, 2.05) is 18.2 Å². The highest BCUT2D eigenvalue weighted by Gasteiger charge is 2.37. The summed E-state index contributed by atoms with van der Waals surface area (Å²) in [5.74, 6) is 1.88. The summed E-state index contributed by atoms with van der Waals surface area (Å²) in [5.41, 5.74) is 12.8. The molecular weight excluding hydrogens is 597 g/mol. The van der Waals surface area contributed by atoms with E-state index in [1.165, 1.54) is 44.2 Å². The Bertz CT molecular complexity index is 2490. The summed E-state index contributed by atoms with van der Waals surface area (Å²) in [6, 6.07) is 51.4. The first-order valence-corrected chi connectivity index (χ1v) is 16.6. The maximum atomic E-state index is 5.01. The molecule has 9 rings (SSSR count). The minimum Gasteiger partial charge on any atom is -0.265 e. The summed E-state index contributed by atoms with van der Waals surface area (Å²) in [5, 5.41) is 2.56. The molecule has 0 unspecified atom stereocenters. The quantitative estimate of drug-likeness (QED) is 0.190. The minimum atomic E-state index is -0.0887. The summed E-state index contributed by atoms with van der Waals surface area (Å²) in [6.07, 6.45) is 3.53. The van der Waals surface area contributed by atoms with E-state index in [4.69, 9.17) is 15.0 Å². The highest BCUT2D eigenvalue weighted by atomic mass is 15.0. The van der Waals surface area contributed by atoms with Crippen LogP contribution in [0.3, 0.4) is 0 Å². The van der Waals surface area contributed by atoms with Gasteiger partial charge in [-0.25, -0.2) is 15.0 Å². The van der Waals surface area contributed by atoms with Crippen LogP contribution in [0.15, 0.2) is 158 Å². The van der Waals surface area contributed by atoms with E-state index in [1.54, 1.807) is 12.4 Å². The first-order chi connectivity index (χ1) is 24.0. The average molecular weight is 629 g/mol. The van der Waals surface area contributed by atoms with E-state index in [0.29, 0.717) is 17.5 Å². The predicted octanol–water partition coefficient (Wildman–Crippen LogP) is 11.1. The minimum absolute atomic E-state index is 0.0887. The van der Waals surface area contributed by atoms with Crippen molar-refractivity contribution in [3.63, 3.8) is 0 Å². The molecule has 232 valence electrons. The lowest BCUT2D eigenvalue weighted by atomic mass is 9.81. The maximum absolute atomic E-state index is 5.01. The number of hydrogen-bond acceptors (Lipinski definition) is 4. The zero-order valence-corrected chi connectivity index (χ0v) is 27.3. The lowest BCUT2D eigenvalue weighted by Gasteiger charge is -2.21. The van der Waals surface area contributed by atoms with Crippen LogP contribution in [0.4, 0.5) is 0 Å². The maximum Gasteiger partial charge on any atom is 0.164 e. The average Bonchev–Trinajstić information content (AvgIpc) is 3.42. The fourth-order valence-electron chi connectivity index (χ4n) is 7.30. The number of benzene rings is 6. The zero-order valence-electron chi connectivity index (χ0n) is 27.3. The molecular formula is C45H32N4. The fraction of sp³-hybridized carbons (Fsp3) is 0.0667. The van der Waals surface area contributed by atoms with E-state index in [0.717, 1.165) is 27.8 Å². The van der Waals surface area contributed by atoms with Gasteiger partial charge < -0.3 is 0 Å². The Morgan fingerprint density at radius 2 is 0.918 bits per heavy atom. The Hall–Kier alpha value is -6.26. The number of aromatic nitrogens is 4. The number of hydrogen-bond donors (Lipinski definition) is 0. The van der Waals surface area contributed by atoms with Crippen LogP contribution in [0.2, 0.25) is 0 Å². The van der Waals surface area contributed by atoms with E-state index in [2.05, 4.69) is 146 Å². The summed E-state index contributed by atoms with van der Waals surface area (Å²) in [6.45, 7) is 4.68. The standard InChI is InChI=1S/C45H32N4/c1-45(2)38-14-8-13-37(40(38)41-36-12-7-6-11-31(36)23-24-39(41)45)32-17-21-34(22-18-32)43-47-42(48-44(49-43)35-25-27-46-28-26-35)33-19-15-30(16-20-33)29-9-4-3-5-10-29/h3-28H,1-2H3. The lowest BCUT2D eigenvalue weighted by molar-refractivity contribution is 0.661. The van der Waals surface area contributed by atoms with Gasteiger partial charge in [-0.2, -0.15) is 0 Å². The molecule has 0 spiro atoms. The summed E-state index contributed by atoms with van der Waals surface area (Å²) >= 11 is 0. The predicted molar refractivity (Wildman–Crippen MR) is 200 cm³/mol. The molecule has 4 nitrogen and oxygen atoms in total. The molecule has 0 saturated carbocycles. The molecule has 0 atom stereocenters. The van der Waals surface area contributed by atoms with E-state index < -0.39 is 0 Å². The van der Waals surface area contributed by atoms with Crippen molar-refractivity contribution in [2.45, 2.75) is 19.3 Å². The molecule has 0 fully saturated rings. The van der Waals surface area contributed by atoms with Crippen molar-refractivity contribution in [3.8, 4) is 67.5 Å². The van der Waals surface area contributed by atoms with Gasteiger partial charge in [-0.05, 0) is 67.4 Å². The van der Waals surface area contributed by atoms with E-state index in [-0.39, 0.29) is 5.41 Å². The highest BCUT2D eigenvalue weighted by Crippen LogP contribution is 2.54. The van der Waals surface area contributed by atoms with Crippen LogP contribution in [0.25, 0.3) is 78.3 Å². The summed E-state index contributed by atoms with van der Waals surface area (Å²) in [4.78, 5) is 19.1. The molecule has 2 aromatic heterocycles. The number of rotatable bonds is 5. The second-order valence-corrected chi connectivity index (χ2v) is 13.1. The largest absolute Gasteiger partial charge is 0.265 e. The van der Waals surface area contributed by atoms with Gasteiger partial charge >= 0.3 is 0 Å². The highest BCUT2D eigenvalue weighted by molar-refractivity contribution is 6.06. The summed E-state index contributed by atoms with van der Waals surface area (Å²) in [7, 11) is 0. The Morgan fingerprint density at radius 1 is 0.388 bits per heavy atom. The van der Waals surface area contributed by atoms with Gasteiger partial charge in [0, 0.05) is 34.5 Å². The fourth-order valence-corrected chi connectivity index (χ4v) is 7.30. The van der Waals surface area contributed by atoms with Gasteiger partial charge in [-0.15, -0.1) is 0 Å². The van der Waals surface area contributed by atoms with Crippen molar-refractivity contribution >= 4 is 10.8 Å². The van der Waals surface area contributed by atoms with Gasteiger partial charge in [0.1, 0.15) is 0 Å². The molecule has 1 aliphatic rings. The van der Waals surface area contributed by atoms with Crippen LogP contribution in [-0.2, 0) is 5.41 Å². The Labute approximate surface area is 285 Å². The third kappa shape index (κ3) is 4.92. The van der Waals surface area contributed by atoms with Crippen molar-refractivity contribution in [2.75, 3.05) is 0 Å². The van der Waals surface area contributed by atoms with Gasteiger partial charge in [0.15, 0.2) is 17.5 Å². The van der Waals surface area contributed by atoms with Crippen LogP contribution < -0.4 is 0 Å². The molecule has 0 saturated heterocycles. The van der Waals surface area contributed by atoms with Gasteiger partial charge in [0.25, 0.3) is 0 Å². The molecule has 0 aliphatic heterocycles. The normalized spacial score (nSPS) is 12.9. The molecule has 2 heterocycles. The van der Waals surface area contributed by atoms with Crippen molar-refractivity contribution < 1.29 is 0 Å². The SMILES string of the molecule is CC1(C)c2cccc(-c3ccc(-c4nc(-c5ccncc5)nc(-c5ccc(-c6ccccc6)cc5)n4)cc3)c2-c2c1ccc1ccccc21. The smallest absolute Gasteiger partial charge is 0.164 e. The van der Waals surface area contributed by atoms with Gasteiger partial charge in [0.2, 0.25) is 0 Å². The van der Waals surface area contributed by atoms with Crippen LogP contribution in [0.1, 0.15) is 25.0 Å². The molecule has 6 aromatic carbocycles. The third-order valence-electron chi connectivity index (χ3n) is 9.87. The van der Waals surface area contributed by atoms with Crippen molar-refractivity contribution in [2.24, 2.45) is 0 Å². The Balaban J connectivity index is 1.14. The topological polar surface area (TPSA) is 51.6 Å². The van der Waals surface area contributed by atoms with Crippen LogP contribution in [0.5, 0.6) is 0 Å². The van der Waals surface area contributed by atoms with Gasteiger partial charge in [-0.3, -0.25) is 4.98 Å². The second kappa shape index (κ2) is 11.5. The van der Waals surface area contributed by atoms with Crippen molar-refractivity contribution in [3.05, 3.63) is 169 Å². The molecule has 8 aromatic rings. The number of nitrogens with zero attached hydrogens (tertiary/aromatic N) is 4. The zero-order chi connectivity index (χ0) is 33.0. The molecule has 4 heteroatoms. The van der Waals surface area contributed by atoms with Crippen LogP contribution in [-0.4, -0.2) is 19.9 Å². The van der Waals surface area contributed by atoms with E-state index in [9.17, 15) is 0 Å². The van der Waals surface area contributed by atoms with Crippen molar-refractivity contribution in [1.29, 1.82) is 0 Å². The Kier molecular flexibility index (Phi) is 6.77. The van der Waals surface area contributed by atoms with E-state index >= 15 is 0 Å². The summed E-state index contributed by atoms with van der Waals surface area (Å²) < 4.78 is 0. The molecule has 0 amide bonds. The van der Waals surface area contributed by atoms with Gasteiger partial charge in [-0.1, -0.05) is 147 Å². The third-order valence-corrected chi connectivity index (χ3v) is 9.87. The molecule has 0 N–H and O–H groups in total. The first kappa shape index (κ1) is 28.9. The second-order valence-electron chi connectivity index (χ2n) is 13.1. The molecule has 49 heavy (non-hydrogen) atoms. The first-order valence-electron chi connectivity index (χ1n) is 16.6. The number of pyridine rings is 1. The monoisotopic (exact) mass is 628 g/mol. The van der Waals surface area contributed by atoms with Crippen LogP contribution in [0, 0.1) is 0 Å². The molecule has 0 bridgehead atoms. The molecule has 1 aliphatic carbocycles. The Morgan fingerprint density at radius 3 is 1.59 bits per heavy atom. The lowest BCUT2D eigenvalue weighted by Crippen LogP contribution is -2.14. The number of fused-ring (bicyclic) bond motifs is 5. The van der Waals surface area contributed by atoms with Crippen molar-refractivity contribution in [1.82, 2.24) is 19.9 Å². The van der Waals surface area contributed by atoms with Gasteiger partial charge in [0.05, 0.1) is 0 Å². The molecule has 0 radical (unpaired) electrons.